The van der Waals surface area contributed by atoms with Crippen LogP contribution in [0, 0.1) is 6.92 Å². The lowest BCUT2D eigenvalue weighted by atomic mass is 10.1. The van der Waals surface area contributed by atoms with E-state index in [4.69, 9.17) is 14.5 Å². The zero-order valence-corrected chi connectivity index (χ0v) is 20.0. The minimum absolute atomic E-state index is 0.264. The number of guanidine groups is 1. The molecule has 1 aromatic carbocycles. The Balaban J connectivity index is 1.66. The van der Waals surface area contributed by atoms with Crippen molar-refractivity contribution >= 4 is 5.96 Å². The van der Waals surface area contributed by atoms with E-state index in [1.807, 2.05) is 36.7 Å². The summed E-state index contributed by atoms with van der Waals surface area (Å²) in [5.74, 6) is 3.35. The van der Waals surface area contributed by atoms with Crippen molar-refractivity contribution in [1.29, 1.82) is 0 Å². The summed E-state index contributed by atoms with van der Waals surface area (Å²) < 4.78 is 13.5. The molecule has 9 heteroatoms. The standard InChI is InChI=1S/C23H37N7O2/c1-18-27-28-21(29(18)5)17-26-22(24-10-11-30-12-14-31-15-13-30)25-16-19-8-6-7-9-20(19)32-23(2,3)4/h6-9H,10-17H2,1-5H3,(H2,24,25,26). The highest BCUT2D eigenvalue weighted by atomic mass is 16.5. The maximum atomic E-state index is 6.12. The molecule has 2 N–H and O–H groups in total. The maximum Gasteiger partial charge on any atom is 0.192 e. The molecule has 0 saturated carbocycles. The third-order valence-corrected chi connectivity index (χ3v) is 5.22. The molecule has 176 valence electrons. The van der Waals surface area contributed by atoms with Gasteiger partial charge in [-0.1, -0.05) is 18.2 Å². The van der Waals surface area contributed by atoms with E-state index in [0.29, 0.717) is 13.1 Å². The van der Waals surface area contributed by atoms with Crippen molar-refractivity contribution in [1.82, 2.24) is 30.3 Å². The largest absolute Gasteiger partial charge is 0.488 e. The van der Waals surface area contributed by atoms with Gasteiger partial charge in [-0.3, -0.25) is 4.90 Å². The van der Waals surface area contributed by atoms with E-state index in [1.165, 1.54) is 0 Å². The first kappa shape index (κ1) is 24.0. The summed E-state index contributed by atoms with van der Waals surface area (Å²) in [6.07, 6.45) is 0. The van der Waals surface area contributed by atoms with E-state index >= 15 is 0 Å². The molecule has 1 aliphatic heterocycles. The van der Waals surface area contributed by atoms with Gasteiger partial charge in [0.25, 0.3) is 0 Å². The highest BCUT2D eigenvalue weighted by molar-refractivity contribution is 5.79. The smallest absolute Gasteiger partial charge is 0.192 e. The van der Waals surface area contributed by atoms with Crippen LogP contribution in [0.5, 0.6) is 5.75 Å². The predicted octanol–water partition coefficient (Wildman–Crippen LogP) is 1.87. The SMILES string of the molecule is Cc1nnc(CNC(=NCc2ccccc2OC(C)(C)C)NCCN2CCOCC2)n1C. The Bertz CT molecular complexity index is 883. The minimum Gasteiger partial charge on any atom is -0.488 e. The molecule has 2 aromatic rings. The highest BCUT2D eigenvalue weighted by Crippen LogP contribution is 2.23. The summed E-state index contributed by atoms with van der Waals surface area (Å²) in [4.78, 5) is 7.23. The first-order chi connectivity index (χ1) is 15.3. The van der Waals surface area contributed by atoms with Crippen molar-refractivity contribution < 1.29 is 9.47 Å². The molecule has 0 atom stereocenters. The molecule has 0 unspecified atom stereocenters. The van der Waals surface area contributed by atoms with Gasteiger partial charge in [-0.25, -0.2) is 4.99 Å². The second-order valence-electron chi connectivity index (χ2n) is 8.94. The van der Waals surface area contributed by atoms with E-state index in [0.717, 1.165) is 68.3 Å². The molecule has 0 amide bonds. The lowest BCUT2D eigenvalue weighted by Gasteiger charge is -2.26. The van der Waals surface area contributed by atoms with Crippen molar-refractivity contribution in [3.05, 3.63) is 41.5 Å². The van der Waals surface area contributed by atoms with Crippen molar-refractivity contribution in [2.45, 2.75) is 46.4 Å². The fourth-order valence-electron chi connectivity index (χ4n) is 3.33. The fourth-order valence-corrected chi connectivity index (χ4v) is 3.33. The molecular weight excluding hydrogens is 406 g/mol. The first-order valence-corrected chi connectivity index (χ1v) is 11.3. The predicted molar refractivity (Wildman–Crippen MR) is 126 cm³/mol. The maximum absolute atomic E-state index is 6.12. The minimum atomic E-state index is -0.264. The fraction of sp³-hybridized carbons (Fsp3) is 0.609. The van der Waals surface area contributed by atoms with Gasteiger partial charge in [-0.05, 0) is 33.8 Å². The number of morpholine rings is 1. The number of hydrogen-bond donors (Lipinski definition) is 2. The van der Waals surface area contributed by atoms with Gasteiger partial charge >= 0.3 is 0 Å². The van der Waals surface area contributed by atoms with Crippen LogP contribution in [0.3, 0.4) is 0 Å². The number of aryl methyl sites for hydroxylation is 1. The lowest BCUT2D eigenvalue weighted by Crippen LogP contribution is -2.44. The normalized spacial score (nSPS) is 15.6. The third kappa shape index (κ3) is 7.49. The summed E-state index contributed by atoms with van der Waals surface area (Å²) in [6.45, 7) is 14.4. The third-order valence-electron chi connectivity index (χ3n) is 5.22. The van der Waals surface area contributed by atoms with Crippen LogP contribution >= 0.6 is 0 Å². The van der Waals surface area contributed by atoms with E-state index in [2.05, 4.69) is 52.6 Å². The average Bonchev–Trinajstić information content (AvgIpc) is 3.08. The number of aliphatic imine (C=N–C) groups is 1. The van der Waals surface area contributed by atoms with Crippen molar-refractivity contribution in [2.75, 3.05) is 39.4 Å². The number of hydrogen-bond acceptors (Lipinski definition) is 6. The van der Waals surface area contributed by atoms with E-state index in [-0.39, 0.29) is 5.60 Å². The second kappa shape index (κ2) is 11.3. The van der Waals surface area contributed by atoms with Crippen LogP contribution in [-0.4, -0.2) is 70.6 Å². The van der Waals surface area contributed by atoms with Gasteiger partial charge in [-0.2, -0.15) is 0 Å². The van der Waals surface area contributed by atoms with E-state index < -0.39 is 0 Å². The molecule has 3 rings (SSSR count). The van der Waals surface area contributed by atoms with E-state index in [9.17, 15) is 0 Å². The Hall–Kier alpha value is -2.65. The summed E-state index contributed by atoms with van der Waals surface area (Å²) in [5, 5.41) is 15.2. The van der Waals surface area contributed by atoms with Crippen LogP contribution in [0.2, 0.25) is 0 Å². The Morgan fingerprint density at radius 1 is 1.16 bits per heavy atom. The van der Waals surface area contributed by atoms with Crippen LogP contribution < -0.4 is 15.4 Å². The van der Waals surface area contributed by atoms with Crippen molar-refractivity contribution in [2.24, 2.45) is 12.0 Å². The molecule has 1 aromatic heterocycles. The monoisotopic (exact) mass is 443 g/mol. The van der Waals surface area contributed by atoms with Gasteiger partial charge in [-0.15, -0.1) is 10.2 Å². The number of para-hydroxylation sites is 1. The zero-order valence-electron chi connectivity index (χ0n) is 20.0. The first-order valence-electron chi connectivity index (χ1n) is 11.3. The molecule has 9 nitrogen and oxygen atoms in total. The summed E-state index contributed by atoms with van der Waals surface area (Å²) in [5.41, 5.74) is 0.784. The average molecular weight is 444 g/mol. The summed E-state index contributed by atoms with van der Waals surface area (Å²) in [7, 11) is 1.97. The van der Waals surface area contributed by atoms with Gasteiger partial charge in [0.1, 0.15) is 17.2 Å². The van der Waals surface area contributed by atoms with Gasteiger partial charge in [0, 0.05) is 38.8 Å². The highest BCUT2D eigenvalue weighted by Gasteiger charge is 2.15. The summed E-state index contributed by atoms with van der Waals surface area (Å²) in [6, 6.07) is 8.06. The van der Waals surface area contributed by atoms with Gasteiger partial charge in [0.05, 0.1) is 26.3 Å². The van der Waals surface area contributed by atoms with Gasteiger partial charge in [0.15, 0.2) is 11.8 Å². The number of benzene rings is 1. The lowest BCUT2D eigenvalue weighted by molar-refractivity contribution is 0.0389. The number of nitrogens with one attached hydrogen (secondary N) is 2. The topological polar surface area (TPSA) is 88.8 Å². The number of nitrogens with zero attached hydrogens (tertiary/aromatic N) is 5. The van der Waals surface area contributed by atoms with Crippen LogP contribution in [0.4, 0.5) is 0 Å². The van der Waals surface area contributed by atoms with Crippen molar-refractivity contribution in [3.8, 4) is 5.75 Å². The Labute approximate surface area is 191 Å². The molecule has 0 bridgehead atoms. The molecule has 1 saturated heterocycles. The number of ether oxygens (including phenoxy) is 2. The molecule has 0 aliphatic carbocycles. The second-order valence-corrected chi connectivity index (χ2v) is 8.94. The Kier molecular flexibility index (Phi) is 8.46. The molecule has 1 fully saturated rings. The van der Waals surface area contributed by atoms with E-state index in [1.54, 1.807) is 0 Å². The van der Waals surface area contributed by atoms with Crippen LogP contribution in [0.25, 0.3) is 0 Å². The molecule has 0 radical (unpaired) electrons. The molecule has 32 heavy (non-hydrogen) atoms. The number of aromatic nitrogens is 3. The van der Waals surface area contributed by atoms with Crippen LogP contribution in [0.15, 0.2) is 29.3 Å². The van der Waals surface area contributed by atoms with Gasteiger partial charge < -0.3 is 24.7 Å². The van der Waals surface area contributed by atoms with Gasteiger partial charge in [0.2, 0.25) is 0 Å². The Morgan fingerprint density at radius 2 is 1.91 bits per heavy atom. The Morgan fingerprint density at radius 3 is 2.59 bits per heavy atom. The quantitative estimate of drug-likeness (QED) is 0.476. The van der Waals surface area contributed by atoms with Crippen LogP contribution in [0.1, 0.15) is 38.0 Å². The van der Waals surface area contributed by atoms with Crippen LogP contribution in [-0.2, 0) is 24.9 Å². The zero-order chi connectivity index (χ0) is 23.0. The number of rotatable bonds is 8. The summed E-state index contributed by atoms with van der Waals surface area (Å²) >= 11 is 0. The van der Waals surface area contributed by atoms with Crippen molar-refractivity contribution in [3.63, 3.8) is 0 Å². The molecule has 1 aliphatic rings. The molecular formula is C23H37N7O2. The molecule has 0 spiro atoms. The molecule has 2 heterocycles.